The molecule has 59 heavy (non-hydrogen) atoms. The molecule has 2 heterocycles. The van der Waals surface area contributed by atoms with Crippen molar-refractivity contribution in [2.75, 3.05) is 0 Å². The molecule has 0 aliphatic heterocycles. The summed E-state index contributed by atoms with van der Waals surface area (Å²) in [5.41, 5.74) is 11.6. The van der Waals surface area contributed by atoms with Crippen LogP contribution in [0.15, 0.2) is 199 Å². The van der Waals surface area contributed by atoms with Crippen LogP contribution in [0.2, 0.25) is 0 Å². The molecule has 0 unspecified atom stereocenters. The van der Waals surface area contributed by atoms with Gasteiger partial charge in [-0.25, -0.2) is 15.0 Å². The number of fused-ring (bicyclic) bond motifs is 8. The van der Waals surface area contributed by atoms with Crippen molar-refractivity contribution in [2.45, 2.75) is 0 Å². The van der Waals surface area contributed by atoms with E-state index >= 15 is 0 Å². The Morgan fingerprint density at radius 3 is 1.47 bits per heavy atom. The van der Waals surface area contributed by atoms with Crippen molar-refractivity contribution in [1.29, 1.82) is 5.26 Å². The molecule has 0 saturated carbocycles. The SMILES string of the molecule is N#Cc1cccc(-c2ccc3c4ccc(-c5ccc(-c6cccc(-c7nc(-c8ccccc8)nc(-c8ccccc8)n7)c6)cc5)cc4c4oc5ccccc5c4c3c2)c1. The zero-order valence-corrected chi connectivity index (χ0v) is 31.7. The first kappa shape index (κ1) is 34.1. The van der Waals surface area contributed by atoms with Crippen LogP contribution in [0.25, 0.3) is 111 Å². The number of nitrogens with zero attached hydrogens (tertiary/aromatic N) is 4. The Bertz CT molecular complexity index is 3380. The van der Waals surface area contributed by atoms with Gasteiger partial charge in [0.05, 0.1) is 11.6 Å². The van der Waals surface area contributed by atoms with E-state index in [1.165, 1.54) is 0 Å². The molecule has 11 rings (SSSR count). The van der Waals surface area contributed by atoms with Crippen LogP contribution >= 0.6 is 0 Å². The van der Waals surface area contributed by atoms with Gasteiger partial charge in [-0.1, -0.05) is 158 Å². The summed E-state index contributed by atoms with van der Waals surface area (Å²) in [6, 6.07) is 68.8. The second-order valence-electron chi connectivity index (χ2n) is 14.7. The highest BCUT2D eigenvalue weighted by Crippen LogP contribution is 2.43. The summed E-state index contributed by atoms with van der Waals surface area (Å²) in [5, 5.41) is 16.2. The summed E-state index contributed by atoms with van der Waals surface area (Å²) in [6.07, 6.45) is 0. The van der Waals surface area contributed by atoms with Crippen molar-refractivity contribution in [3.05, 3.63) is 200 Å². The number of furan rings is 1. The highest BCUT2D eigenvalue weighted by atomic mass is 16.3. The molecule has 0 N–H and O–H groups in total. The first-order chi connectivity index (χ1) is 29.2. The molecule has 9 aromatic carbocycles. The summed E-state index contributed by atoms with van der Waals surface area (Å²) in [4.78, 5) is 14.8. The van der Waals surface area contributed by atoms with Gasteiger partial charge in [0, 0.05) is 32.8 Å². The highest BCUT2D eigenvalue weighted by Gasteiger charge is 2.18. The summed E-state index contributed by atoms with van der Waals surface area (Å²) >= 11 is 0. The van der Waals surface area contributed by atoms with Crippen molar-refractivity contribution in [2.24, 2.45) is 0 Å². The number of hydrogen-bond acceptors (Lipinski definition) is 5. The molecule has 11 aromatic rings. The standard InChI is InChI=1S/C54H32N4O/c55-33-34-11-9-16-39(29-34)42-26-27-44-45-28-25-41(32-48(45)51-50(47(44)31-42)46-19-7-8-20-49(46)59-51)36-23-21-35(22-24-36)40-17-10-18-43(30-40)54-57-52(37-12-3-1-4-13-37)56-53(58-54)38-14-5-2-6-15-38/h1-32H. The van der Waals surface area contributed by atoms with Crippen LogP contribution < -0.4 is 0 Å². The highest BCUT2D eigenvalue weighted by molar-refractivity contribution is 6.30. The molecule has 0 aliphatic rings. The van der Waals surface area contributed by atoms with E-state index in [0.717, 1.165) is 93.6 Å². The minimum absolute atomic E-state index is 0.626. The van der Waals surface area contributed by atoms with Gasteiger partial charge in [0.2, 0.25) is 0 Å². The van der Waals surface area contributed by atoms with E-state index in [2.05, 4.69) is 109 Å². The third-order valence-corrected chi connectivity index (χ3v) is 11.1. The fourth-order valence-corrected chi connectivity index (χ4v) is 8.21. The Kier molecular flexibility index (Phi) is 8.13. The van der Waals surface area contributed by atoms with Crippen LogP contribution in [-0.4, -0.2) is 15.0 Å². The minimum atomic E-state index is 0.626. The smallest absolute Gasteiger partial charge is 0.164 e. The van der Waals surface area contributed by atoms with Crippen molar-refractivity contribution >= 4 is 43.5 Å². The second kappa shape index (κ2) is 14.1. The predicted molar refractivity (Wildman–Crippen MR) is 239 cm³/mol. The molecule has 274 valence electrons. The molecular formula is C54H32N4O. The van der Waals surface area contributed by atoms with Gasteiger partial charge in [-0.2, -0.15) is 5.26 Å². The van der Waals surface area contributed by atoms with Gasteiger partial charge in [-0.05, 0) is 85.9 Å². The van der Waals surface area contributed by atoms with E-state index in [-0.39, 0.29) is 0 Å². The van der Waals surface area contributed by atoms with E-state index in [9.17, 15) is 5.26 Å². The molecule has 0 atom stereocenters. The number of benzene rings is 9. The molecule has 0 bridgehead atoms. The van der Waals surface area contributed by atoms with Crippen LogP contribution in [0.5, 0.6) is 0 Å². The summed E-state index contributed by atoms with van der Waals surface area (Å²) in [5.74, 6) is 1.90. The molecule has 5 nitrogen and oxygen atoms in total. The lowest BCUT2D eigenvalue weighted by atomic mass is 9.91. The van der Waals surface area contributed by atoms with E-state index in [4.69, 9.17) is 19.4 Å². The Morgan fingerprint density at radius 2 is 0.814 bits per heavy atom. The molecule has 0 spiro atoms. The Hall–Kier alpha value is -8.20. The third-order valence-electron chi connectivity index (χ3n) is 11.1. The largest absolute Gasteiger partial charge is 0.455 e. The lowest BCUT2D eigenvalue weighted by molar-refractivity contribution is 0.673. The summed E-state index contributed by atoms with van der Waals surface area (Å²) in [7, 11) is 0. The van der Waals surface area contributed by atoms with E-state index in [1.54, 1.807) is 0 Å². The fourth-order valence-electron chi connectivity index (χ4n) is 8.21. The zero-order valence-electron chi connectivity index (χ0n) is 31.7. The number of hydrogen-bond donors (Lipinski definition) is 0. The molecule has 5 heteroatoms. The fraction of sp³-hybridized carbons (Fsp3) is 0. The first-order valence-electron chi connectivity index (χ1n) is 19.6. The van der Waals surface area contributed by atoms with Crippen molar-refractivity contribution < 1.29 is 4.42 Å². The number of nitriles is 1. The van der Waals surface area contributed by atoms with Crippen molar-refractivity contribution in [3.8, 4) is 73.6 Å². The molecule has 0 amide bonds. The van der Waals surface area contributed by atoms with Gasteiger partial charge in [-0.15, -0.1) is 0 Å². The van der Waals surface area contributed by atoms with Gasteiger partial charge in [0.15, 0.2) is 17.5 Å². The average molecular weight is 753 g/mol. The van der Waals surface area contributed by atoms with Crippen LogP contribution in [-0.2, 0) is 0 Å². The van der Waals surface area contributed by atoms with Gasteiger partial charge < -0.3 is 4.42 Å². The lowest BCUT2D eigenvalue weighted by Crippen LogP contribution is -2.00. The first-order valence-corrected chi connectivity index (χ1v) is 19.6. The Balaban J connectivity index is 0.980. The van der Waals surface area contributed by atoms with Crippen LogP contribution in [0.3, 0.4) is 0 Å². The monoisotopic (exact) mass is 752 g/mol. The Labute approximate surface area is 340 Å². The molecule has 2 aromatic heterocycles. The van der Waals surface area contributed by atoms with Crippen molar-refractivity contribution in [3.63, 3.8) is 0 Å². The molecule has 0 saturated heterocycles. The second-order valence-corrected chi connectivity index (χ2v) is 14.7. The average Bonchev–Trinajstić information content (AvgIpc) is 3.72. The minimum Gasteiger partial charge on any atom is -0.455 e. The quantitative estimate of drug-likeness (QED) is 0.158. The van der Waals surface area contributed by atoms with Crippen LogP contribution in [0, 0.1) is 11.3 Å². The maximum absolute atomic E-state index is 9.56. The van der Waals surface area contributed by atoms with Crippen molar-refractivity contribution in [1.82, 2.24) is 15.0 Å². The Morgan fingerprint density at radius 1 is 0.339 bits per heavy atom. The van der Waals surface area contributed by atoms with Gasteiger partial charge in [-0.3, -0.25) is 0 Å². The van der Waals surface area contributed by atoms with Gasteiger partial charge in [0.25, 0.3) is 0 Å². The molecule has 0 fully saturated rings. The molecule has 0 radical (unpaired) electrons. The maximum atomic E-state index is 9.56. The number of aromatic nitrogens is 3. The number of rotatable bonds is 6. The van der Waals surface area contributed by atoms with E-state index in [0.29, 0.717) is 23.0 Å². The maximum Gasteiger partial charge on any atom is 0.164 e. The van der Waals surface area contributed by atoms with Crippen LogP contribution in [0.4, 0.5) is 0 Å². The third kappa shape index (κ3) is 6.08. The normalized spacial score (nSPS) is 11.4. The molecule has 0 aliphatic carbocycles. The topological polar surface area (TPSA) is 75.6 Å². The summed E-state index contributed by atoms with van der Waals surface area (Å²) < 4.78 is 6.68. The number of para-hydroxylation sites is 1. The van der Waals surface area contributed by atoms with Gasteiger partial charge >= 0.3 is 0 Å². The predicted octanol–water partition coefficient (Wildman–Crippen LogP) is 14.0. The van der Waals surface area contributed by atoms with Crippen LogP contribution in [0.1, 0.15) is 5.56 Å². The summed E-state index contributed by atoms with van der Waals surface area (Å²) in [6.45, 7) is 0. The lowest BCUT2D eigenvalue weighted by Gasteiger charge is -2.12. The molecular weight excluding hydrogens is 721 g/mol. The zero-order chi connectivity index (χ0) is 39.3. The van der Waals surface area contributed by atoms with Gasteiger partial charge in [0.1, 0.15) is 11.2 Å². The van der Waals surface area contributed by atoms with E-state index < -0.39 is 0 Å². The van der Waals surface area contributed by atoms with E-state index in [1.807, 2.05) is 91.0 Å².